The first-order valence-electron chi connectivity index (χ1n) is 9.06. The summed E-state index contributed by atoms with van der Waals surface area (Å²) in [6, 6.07) is 10.3. The molecule has 0 aromatic heterocycles. The van der Waals surface area contributed by atoms with Crippen molar-refractivity contribution in [1.29, 1.82) is 0 Å². The number of hydrogen-bond donors (Lipinski definition) is 1. The van der Waals surface area contributed by atoms with E-state index in [2.05, 4.69) is 4.90 Å². The predicted octanol–water partition coefficient (Wildman–Crippen LogP) is 2.88. The standard InChI is InChI=1S/C19H29N3O.2ClH/c20-18(15-16-7-3-1-4-8-16)19(23)22-13-9-17(10-14-22)21-11-5-2-6-12-21;;/h1,3-4,7-8,17-18H,2,5-6,9-15,20H2;2*1H/t18-;;/m0../s1. The maximum atomic E-state index is 12.6. The second-order valence-corrected chi connectivity index (χ2v) is 6.95. The molecule has 6 heteroatoms. The van der Waals surface area contributed by atoms with Crippen molar-refractivity contribution in [1.82, 2.24) is 9.80 Å². The van der Waals surface area contributed by atoms with Gasteiger partial charge in [0, 0.05) is 19.1 Å². The van der Waals surface area contributed by atoms with Crippen molar-refractivity contribution in [2.45, 2.75) is 50.6 Å². The van der Waals surface area contributed by atoms with Crippen LogP contribution in [-0.4, -0.2) is 54.0 Å². The molecule has 2 N–H and O–H groups in total. The number of likely N-dealkylation sites (tertiary alicyclic amines) is 2. The zero-order chi connectivity index (χ0) is 16.1. The van der Waals surface area contributed by atoms with E-state index in [-0.39, 0.29) is 30.7 Å². The van der Waals surface area contributed by atoms with Gasteiger partial charge in [-0.25, -0.2) is 0 Å². The molecular weight excluding hydrogens is 357 g/mol. The number of nitrogens with zero attached hydrogens (tertiary/aromatic N) is 2. The number of benzene rings is 1. The van der Waals surface area contributed by atoms with Crippen LogP contribution in [0.3, 0.4) is 0 Å². The molecule has 2 aliphatic heterocycles. The quantitative estimate of drug-likeness (QED) is 0.863. The minimum Gasteiger partial charge on any atom is -0.341 e. The van der Waals surface area contributed by atoms with E-state index in [0.29, 0.717) is 12.5 Å². The summed E-state index contributed by atoms with van der Waals surface area (Å²) in [5.41, 5.74) is 7.29. The van der Waals surface area contributed by atoms with Crippen LogP contribution < -0.4 is 5.73 Å². The minimum absolute atomic E-state index is 0. The van der Waals surface area contributed by atoms with Gasteiger partial charge in [0.2, 0.25) is 5.91 Å². The topological polar surface area (TPSA) is 49.6 Å². The Morgan fingerprint density at radius 2 is 1.60 bits per heavy atom. The Morgan fingerprint density at radius 1 is 1.00 bits per heavy atom. The number of rotatable bonds is 4. The van der Waals surface area contributed by atoms with E-state index in [4.69, 9.17) is 5.73 Å². The monoisotopic (exact) mass is 387 g/mol. The molecule has 0 spiro atoms. The van der Waals surface area contributed by atoms with Gasteiger partial charge in [-0.15, -0.1) is 24.8 Å². The van der Waals surface area contributed by atoms with Gasteiger partial charge in [-0.3, -0.25) is 4.79 Å². The maximum absolute atomic E-state index is 12.6. The SMILES string of the molecule is Cl.Cl.N[C@@H](Cc1ccccc1)C(=O)N1CCC(N2CCCCC2)CC1. The van der Waals surface area contributed by atoms with Gasteiger partial charge in [0.25, 0.3) is 0 Å². The van der Waals surface area contributed by atoms with E-state index < -0.39 is 6.04 Å². The molecule has 4 nitrogen and oxygen atoms in total. The normalized spacial score (nSPS) is 20.3. The Bertz CT molecular complexity index is 501. The highest BCUT2D eigenvalue weighted by atomic mass is 35.5. The number of carbonyl (C=O) groups excluding carboxylic acids is 1. The van der Waals surface area contributed by atoms with E-state index in [1.54, 1.807) is 0 Å². The zero-order valence-corrected chi connectivity index (χ0v) is 16.4. The van der Waals surface area contributed by atoms with Crippen LogP contribution in [-0.2, 0) is 11.2 Å². The first-order chi connectivity index (χ1) is 11.2. The molecule has 2 heterocycles. The third-order valence-electron chi connectivity index (χ3n) is 5.30. The van der Waals surface area contributed by atoms with Crippen LogP contribution in [0.25, 0.3) is 0 Å². The largest absolute Gasteiger partial charge is 0.341 e. The van der Waals surface area contributed by atoms with Gasteiger partial charge in [-0.1, -0.05) is 36.8 Å². The number of amides is 1. The van der Waals surface area contributed by atoms with Crippen LogP contribution in [0, 0.1) is 0 Å². The van der Waals surface area contributed by atoms with Gasteiger partial charge in [0.05, 0.1) is 6.04 Å². The molecular formula is C19H31Cl2N3O. The number of hydrogen-bond acceptors (Lipinski definition) is 3. The van der Waals surface area contributed by atoms with E-state index in [1.807, 2.05) is 35.2 Å². The summed E-state index contributed by atoms with van der Waals surface area (Å²) in [6.07, 6.45) is 6.88. The molecule has 2 aliphatic rings. The van der Waals surface area contributed by atoms with Gasteiger partial charge < -0.3 is 15.5 Å². The molecule has 0 bridgehead atoms. The van der Waals surface area contributed by atoms with E-state index in [9.17, 15) is 4.79 Å². The van der Waals surface area contributed by atoms with E-state index in [0.717, 1.165) is 31.5 Å². The Labute approximate surface area is 163 Å². The third-order valence-corrected chi connectivity index (χ3v) is 5.30. The summed E-state index contributed by atoms with van der Waals surface area (Å²) in [6.45, 7) is 4.21. The molecule has 2 fully saturated rings. The fourth-order valence-corrected chi connectivity index (χ4v) is 3.92. The molecule has 0 saturated carbocycles. The second-order valence-electron chi connectivity index (χ2n) is 6.95. The highest BCUT2D eigenvalue weighted by Crippen LogP contribution is 2.21. The number of piperidine rings is 2. The van der Waals surface area contributed by atoms with Crippen LogP contribution >= 0.6 is 24.8 Å². The molecule has 0 radical (unpaired) electrons. The summed E-state index contributed by atoms with van der Waals surface area (Å²) >= 11 is 0. The van der Waals surface area contributed by atoms with Crippen LogP contribution in [0.5, 0.6) is 0 Å². The summed E-state index contributed by atoms with van der Waals surface area (Å²) < 4.78 is 0. The van der Waals surface area contributed by atoms with Crippen molar-refractivity contribution in [3.8, 4) is 0 Å². The average molecular weight is 388 g/mol. The van der Waals surface area contributed by atoms with Crippen molar-refractivity contribution in [3.63, 3.8) is 0 Å². The molecule has 25 heavy (non-hydrogen) atoms. The van der Waals surface area contributed by atoms with Gasteiger partial charge in [-0.05, 0) is 50.8 Å². The van der Waals surface area contributed by atoms with Crippen LogP contribution in [0.4, 0.5) is 0 Å². The molecule has 142 valence electrons. The van der Waals surface area contributed by atoms with Crippen molar-refractivity contribution in [3.05, 3.63) is 35.9 Å². The summed E-state index contributed by atoms with van der Waals surface area (Å²) in [7, 11) is 0. The first kappa shape index (κ1) is 22.2. The average Bonchev–Trinajstić information content (AvgIpc) is 2.63. The van der Waals surface area contributed by atoms with Gasteiger partial charge in [0.15, 0.2) is 0 Å². The predicted molar refractivity (Wildman–Crippen MR) is 108 cm³/mol. The second kappa shape index (κ2) is 11.0. The highest BCUT2D eigenvalue weighted by molar-refractivity contribution is 5.85. The Balaban J connectivity index is 0.00000156. The van der Waals surface area contributed by atoms with Gasteiger partial charge in [-0.2, -0.15) is 0 Å². The Morgan fingerprint density at radius 3 is 2.20 bits per heavy atom. The van der Waals surface area contributed by atoms with Crippen molar-refractivity contribution < 1.29 is 4.79 Å². The zero-order valence-electron chi connectivity index (χ0n) is 14.8. The molecule has 1 aromatic rings. The molecule has 1 aromatic carbocycles. The van der Waals surface area contributed by atoms with Crippen LogP contribution in [0.1, 0.15) is 37.7 Å². The van der Waals surface area contributed by atoms with Gasteiger partial charge >= 0.3 is 0 Å². The lowest BCUT2D eigenvalue weighted by Crippen LogP contribution is -2.52. The molecule has 1 amide bonds. The molecule has 2 saturated heterocycles. The number of carbonyl (C=O) groups is 1. The summed E-state index contributed by atoms with van der Waals surface area (Å²) in [4.78, 5) is 17.2. The fourth-order valence-electron chi connectivity index (χ4n) is 3.92. The smallest absolute Gasteiger partial charge is 0.239 e. The highest BCUT2D eigenvalue weighted by Gasteiger charge is 2.29. The molecule has 3 rings (SSSR count). The molecule has 0 aliphatic carbocycles. The lowest BCUT2D eigenvalue weighted by Gasteiger charge is -2.40. The van der Waals surface area contributed by atoms with Crippen molar-refractivity contribution in [2.24, 2.45) is 5.73 Å². The summed E-state index contributed by atoms with van der Waals surface area (Å²) in [5.74, 6) is 0.117. The lowest BCUT2D eigenvalue weighted by molar-refractivity contribution is -0.134. The maximum Gasteiger partial charge on any atom is 0.239 e. The van der Waals surface area contributed by atoms with E-state index >= 15 is 0 Å². The molecule has 1 atom stereocenters. The van der Waals surface area contributed by atoms with Crippen LogP contribution in [0.15, 0.2) is 30.3 Å². The lowest BCUT2D eigenvalue weighted by atomic mass is 9.98. The Kier molecular flexibility index (Phi) is 9.80. The van der Waals surface area contributed by atoms with Crippen molar-refractivity contribution in [2.75, 3.05) is 26.2 Å². The van der Waals surface area contributed by atoms with Crippen LogP contribution in [0.2, 0.25) is 0 Å². The Hall–Kier alpha value is -0.810. The van der Waals surface area contributed by atoms with Gasteiger partial charge in [0.1, 0.15) is 0 Å². The van der Waals surface area contributed by atoms with Crippen molar-refractivity contribution >= 4 is 30.7 Å². The molecule has 0 unspecified atom stereocenters. The fraction of sp³-hybridized carbons (Fsp3) is 0.632. The minimum atomic E-state index is -0.413. The number of halogens is 2. The summed E-state index contributed by atoms with van der Waals surface area (Å²) in [5, 5.41) is 0. The van der Waals surface area contributed by atoms with E-state index in [1.165, 1.54) is 32.4 Å². The first-order valence-corrected chi connectivity index (χ1v) is 9.06. The number of nitrogens with two attached hydrogens (primary N) is 1. The third kappa shape index (κ3) is 6.14.